The lowest BCUT2D eigenvalue weighted by Gasteiger charge is -2.18. The molecule has 0 amide bonds. The molecule has 0 bridgehead atoms. The van der Waals surface area contributed by atoms with Crippen molar-refractivity contribution in [3.05, 3.63) is 0 Å². The van der Waals surface area contributed by atoms with Crippen LogP contribution in [0.15, 0.2) is 0 Å². The molecule has 0 aliphatic rings. The number of phosphoric acid groups is 1. The smallest absolute Gasteiger partial charge is 0.462 e. The summed E-state index contributed by atoms with van der Waals surface area (Å²) in [5.74, 6) is -0.868. The van der Waals surface area contributed by atoms with Crippen LogP contribution < -0.4 is 0 Å². The highest BCUT2D eigenvalue weighted by molar-refractivity contribution is 7.46. The molecule has 0 heterocycles. The van der Waals surface area contributed by atoms with Crippen molar-refractivity contribution in [3.63, 3.8) is 0 Å². The fourth-order valence-electron chi connectivity index (χ4n) is 6.79. The number of esters is 2. The Morgan fingerprint density at radius 3 is 0.981 bits per heavy atom. The summed E-state index contributed by atoms with van der Waals surface area (Å²) in [4.78, 5) is 42.8. The highest BCUT2D eigenvalue weighted by atomic mass is 31.2. The van der Waals surface area contributed by atoms with Gasteiger partial charge in [-0.15, -0.1) is 0 Å². The van der Waals surface area contributed by atoms with E-state index in [1.165, 1.54) is 173 Å². The number of phosphoric ester groups is 1. The third-order valence-corrected chi connectivity index (χ3v) is 10.6. The highest BCUT2D eigenvalue weighted by Crippen LogP contribution is 2.36. The molecule has 0 saturated heterocycles. The van der Waals surface area contributed by atoms with Crippen LogP contribution in [0.25, 0.3) is 0 Å². The standard InChI is InChI=1S/C43H85O8P/c1-3-5-7-9-11-13-15-16-17-18-19-20-21-22-23-24-25-26-28-29-31-33-35-37-42(44)49-39-41(40-50-52(46,47)48)51-43(45)38-36-34-32-30-27-14-12-10-8-6-4-2/h41H,3-40H2,1-2H3,(H2,46,47,48)/t41-/m1/s1. The number of hydrogen-bond donors (Lipinski definition) is 2. The Labute approximate surface area is 321 Å². The Morgan fingerprint density at radius 1 is 0.423 bits per heavy atom. The molecule has 0 fully saturated rings. The molecule has 9 heteroatoms. The monoisotopic (exact) mass is 761 g/mol. The minimum Gasteiger partial charge on any atom is -0.462 e. The summed E-state index contributed by atoms with van der Waals surface area (Å²) in [5.41, 5.74) is 0. The van der Waals surface area contributed by atoms with Gasteiger partial charge in [-0.3, -0.25) is 14.1 Å². The van der Waals surface area contributed by atoms with Crippen LogP contribution in [0.3, 0.4) is 0 Å². The third-order valence-electron chi connectivity index (χ3n) is 10.1. The zero-order valence-electron chi connectivity index (χ0n) is 34.2. The topological polar surface area (TPSA) is 119 Å². The van der Waals surface area contributed by atoms with Crippen LogP contribution in [0.2, 0.25) is 0 Å². The summed E-state index contributed by atoms with van der Waals surface area (Å²) in [6.45, 7) is 3.71. The summed E-state index contributed by atoms with van der Waals surface area (Å²) in [5, 5.41) is 0. The molecule has 0 rings (SSSR count). The summed E-state index contributed by atoms with van der Waals surface area (Å²) in [6.07, 6.45) is 42.7. The van der Waals surface area contributed by atoms with E-state index in [4.69, 9.17) is 19.3 Å². The van der Waals surface area contributed by atoms with Crippen LogP contribution in [0.1, 0.15) is 245 Å². The van der Waals surface area contributed by atoms with E-state index in [0.717, 1.165) is 38.5 Å². The van der Waals surface area contributed by atoms with E-state index in [2.05, 4.69) is 18.4 Å². The van der Waals surface area contributed by atoms with Crippen LogP contribution in [0.4, 0.5) is 0 Å². The van der Waals surface area contributed by atoms with E-state index in [1.807, 2.05) is 0 Å². The third kappa shape index (κ3) is 41.8. The molecule has 0 radical (unpaired) electrons. The van der Waals surface area contributed by atoms with E-state index >= 15 is 0 Å². The van der Waals surface area contributed by atoms with Crippen molar-refractivity contribution in [1.29, 1.82) is 0 Å². The van der Waals surface area contributed by atoms with Gasteiger partial charge in [0.15, 0.2) is 6.10 Å². The maximum absolute atomic E-state index is 12.4. The second kappa shape index (κ2) is 39.7. The van der Waals surface area contributed by atoms with E-state index in [9.17, 15) is 14.2 Å². The van der Waals surface area contributed by atoms with Crippen molar-refractivity contribution in [2.24, 2.45) is 0 Å². The van der Waals surface area contributed by atoms with Gasteiger partial charge in [-0.2, -0.15) is 0 Å². The van der Waals surface area contributed by atoms with Gasteiger partial charge >= 0.3 is 19.8 Å². The molecule has 0 aromatic rings. The number of carbonyl (C=O) groups excluding carboxylic acids is 2. The zero-order chi connectivity index (χ0) is 38.2. The largest absolute Gasteiger partial charge is 0.469 e. The van der Waals surface area contributed by atoms with E-state index in [1.54, 1.807) is 0 Å². The molecule has 310 valence electrons. The van der Waals surface area contributed by atoms with Crippen molar-refractivity contribution in [1.82, 2.24) is 0 Å². The van der Waals surface area contributed by atoms with Crippen molar-refractivity contribution in [2.75, 3.05) is 13.2 Å². The molecule has 1 atom stereocenters. The maximum Gasteiger partial charge on any atom is 0.469 e. The highest BCUT2D eigenvalue weighted by Gasteiger charge is 2.23. The van der Waals surface area contributed by atoms with E-state index in [-0.39, 0.29) is 19.4 Å². The Balaban J connectivity index is 3.74. The SMILES string of the molecule is CCCCCCCCCCCCCCCCCCCCCCCCCC(=O)OC[C@H](COP(=O)(O)O)OC(=O)CCCCCCCCCCCCC. The number of carbonyl (C=O) groups is 2. The minimum absolute atomic E-state index is 0.219. The van der Waals surface area contributed by atoms with Gasteiger partial charge in [-0.05, 0) is 12.8 Å². The minimum atomic E-state index is -4.74. The number of hydrogen-bond acceptors (Lipinski definition) is 6. The maximum atomic E-state index is 12.4. The van der Waals surface area contributed by atoms with Crippen LogP contribution in [-0.4, -0.2) is 41.0 Å². The fraction of sp³-hybridized carbons (Fsp3) is 0.953. The fourth-order valence-corrected chi connectivity index (χ4v) is 7.15. The lowest BCUT2D eigenvalue weighted by Crippen LogP contribution is -2.29. The van der Waals surface area contributed by atoms with Crippen LogP contribution in [-0.2, 0) is 28.2 Å². The first-order valence-corrected chi connectivity index (χ1v) is 23.9. The Kier molecular flexibility index (Phi) is 39.0. The predicted octanol–water partition coefficient (Wildman–Crippen LogP) is 13.6. The predicted molar refractivity (Wildman–Crippen MR) is 216 cm³/mol. The van der Waals surface area contributed by atoms with Crippen molar-refractivity contribution in [3.8, 4) is 0 Å². The first-order valence-electron chi connectivity index (χ1n) is 22.3. The second-order valence-corrected chi connectivity index (χ2v) is 16.6. The lowest BCUT2D eigenvalue weighted by molar-refractivity contribution is -0.161. The van der Waals surface area contributed by atoms with Gasteiger partial charge < -0.3 is 19.3 Å². The van der Waals surface area contributed by atoms with Crippen LogP contribution in [0, 0.1) is 0 Å². The van der Waals surface area contributed by atoms with Crippen LogP contribution in [0.5, 0.6) is 0 Å². The molecule has 8 nitrogen and oxygen atoms in total. The molecule has 0 aromatic heterocycles. The number of ether oxygens (including phenoxy) is 2. The first kappa shape index (κ1) is 51.0. The molecular weight excluding hydrogens is 675 g/mol. The molecular formula is C43H85O8P. The quantitative estimate of drug-likeness (QED) is 0.0358. The molecule has 2 N–H and O–H groups in total. The molecule has 0 spiro atoms. The zero-order valence-corrected chi connectivity index (χ0v) is 35.1. The average molecular weight is 761 g/mol. The molecule has 0 aliphatic carbocycles. The van der Waals surface area contributed by atoms with Gasteiger partial charge in [0.2, 0.25) is 0 Å². The number of rotatable bonds is 42. The average Bonchev–Trinajstić information content (AvgIpc) is 3.11. The molecule has 0 aliphatic heterocycles. The normalized spacial score (nSPS) is 12.3. The molecule has 0 unspecified atom stereocenters. The second-order valence-electron chi connectivity index (χ2n) is 15.4. The lowest BCUT2D eigenvalue weighted by atomic mass is 10.0. The summed E-state index contributed by atoms with van der Waals surface area (Å²) < 4.78 is 26.4. The Morgan fingerprint density at radius 2 is 0.692 bits per heavy atom. The van der Waals surface area contributed by atoms with Crippen molar-refractivity contribution >= 4 is 19.8 Å². The van der Waals surface area contributed by atoms with Gasteiger partial charge in [0.25, 0.3) is 0 Å². The molecule has 0 aromatic carbocycles. The van der Waals surface area contributed by atoms with Crippen LogP contribution >= 0.6 is 7.82 Å². The summed E-state index contributed by atoms with van der Waals surface area (Å²) in [6, 6.07) is 0. The van der Waals surface area contributed by atoms with Gasteiger partial charge in [0, 0.05) is 12.8 Å². The number of unbranched alkanes of at least 4 members (excludes halogenated alkanes) is 32. The Bertz CT molecular complexity index is 817. The van der Waals surface area contributed by atoms with Gasteiger partial charge in [0.1, 0.15) is 6.61 Å². The summed E-state index contributed by atoms with van der Waals surface area (Å²) >= 11 is 0. The van der Waals surface area contributed by atoms with Gasteiger partial charge in [0.05, 0.1) is 6.61 Å². The molecule has 52 heavy (non-hydrogen) atoms. The molecule has 0 saturated carbocycles. The van der Waals surface area contributed by atoms with Gasteiger partial charge in [-0.1, -0.05) is 219 Å². The van der Waals surface area contributed by atoms with E-state index in [0.29, 0.717) is 6.42 Å². The van der Waals surface area contributed by atoms with Crippen molar-refractivity contribution < 1.29 is 37.9 Å². The van der Waals surface area contributed by atoms with Crippen molar-refractivity contribution in [2.45, 2.75) is 251 Å². The van der Waals surface area contributed by atoms with Gasteiger partial charge in [-0.25, -0.2) is 4.57 Å². The summed E-state index contributed by atoms with van der Waals surface area (Å²) in [7, 11) is -4.74. The Hall–Kier alpha value is -0.950. The first-order chi connectivity index (χ1) is 25.3. The van der Waals surface area contributed by atoms with E-state index < -0.39 is 32.5 Å².